The highest BCUT2D eigenvalue weighted by molar-refractivity contribution is 6.32. The lowest BCUT2D eigenvalue weighted by Crippen LogP contribution is -2.52. The molecule has 0 spiro atoms. The van der Waals surface area contributed by atoms with Crippen LogP contribution >= 0.6 is 11.6 Å². The van der Waals surface area contributed by atoms with Crippen molar-refractivity contribution >= 4 is 35.7 Å². The minimum absolute atomic E-state index is 0.0708. The number of rotatable bonds is 10. The van der Waals surface area contributed by atoms with Crippen molar-refractivity contribution in [1.82, 2.24) is 15.5 Å². The van der Waals surface area contributed by atoms with Gasteiger partial charge in [0.25, 0.3) is 0 Å². The van der Waals surface area contributed by atoms with Gasteiger partial charge >= 0.3 is 24.1 Å². The number of hydrogen-bond acceptors (Lipinski definition) is 7. The monoisotopic (exact) mass is 615 g/mol. The molecular formula is C32H42ClN3O7. The van der Waals surface area contributed by atoms with Gasteiger partial charge in [-0.2, -0.15) is 0 Å². The second-order valence-corrected chi connectivity index (χ2v) is 12.0. The maximum atomic E-state index is 13.2. The summed E-state index contributed by atoms with van der Waals surface area (Å²) < 4.78 is 15.7. The number of alkyl carbamates (subject to hydrolysis) is 2. The van der Waals surface area contributed by atoms with Crippen LogP contribution < -0.4 is 10.6 Å². The van der Waals surface area contributed by atoms with Gasteiger partial charge in [0.2, 0.25) is 0 Å². The summed E-state index contributed by atoms with van der Waals surface area (Å²) in [5.41, 5.74) is 0.723. The van der Waals surface area contributed by atoms with Gasteiger partial charge in [0.15, 0.2) is 0 Å². The molecule has 0 saturated heterocycles. The lowest BCUT2D eigenvalue weighted by Gasteiger charge is -2.44. The number of nitrogens with one attached hydrogen (secondary N) is 2. The standard InChI is InChI=1S/C32H42ClN3O7/c1-5-41-28(38)27(37)36(19-18-34-29(39)42-21-23-10-7-6-8-11-23)26-14-16-32(17-15-26,24-12-9-13-25(33)20-24)22-35-30(40)43-31(2,3)4/h6-13,20,26H,5,14-19,21-22H2,1-4H3,(H,34,39)(H,35,40)/t26-,32-. The van der Waals surface area contributed by atoms with Crippen LogP contribution in [0.15, 0.2) is 54.6 Å². The number of carbonyl (C=O) groups is 4. The van der Waals surface area contributed by atoms with Crippen LogP contribution in [-0.4, -0.2) is 66.8 Å². The quantitative estimate of drug-likeness (QED) is 0.209. The number of benzene rings is 2. The van der Waals surface area contributed by atoms with Gasteiger partial charge < -0.3 is 29.7 Å². The predicted molar refractivity (Wildman–Crippen MR) is 163 cm³/mol. The van der Waals surface area contributed by atoms with Crippen LogP contribution in [0.2, 0.25) is 5.02 Å². The van der Waals surface area contributed by atoms with Crippen molar-refractivity contribution in [2.75, 3.05) is 26.2 Å². The topological polar surface area (TPSA) is 123 Å². The molecule has 0 aromatic heterocycles. The highest BCUT2D eigenvalue weighted by Crippen LogP contribution is 2.41. The van der Waals surface area contributed by atoms with Crippen molar-refractivity contribution in [3.05, 3.63) is 70.7 Å². The summed E-state index contributed by atoms with van der Waals surface area (Å²) in [6, 6.07) is 16.5. The number of nitrogens with zero attached hydrogens (tertiary/aromatic N) is 1. The molecular weight excluding hydrogens is 574 g/mol. The molecule has 0 aliphatic heterocycles. The molecule has 0 unspecified atom stereocenters. The molecule has 2 aromatic carbocycles. The first kappa shape index (κ1) is 33.7. The first-order valence-electron chi connectivity index (χ1n) is 14.6. The van der Waals surface area contributed by atoms with Gasteiger partial charge in [-0.1, -0.05) is 54.1 Å². The summed E-state index contributed by atoms with van der Waals surface area (Å²) in [6.07, 6.45) is 1.17. The summed E-state index contributed by atoms with van der Waals surface area (Å²) in [4.78, 5) is 51.9. The second kappa shape index (κ2) is 15.6. The van der Waals surface area contributed by atoms with E-state index in [1.165, 1.54) is 4.90 Å². The smallest absolute Gasteiger partial charge is 0.407 e. The Morgan fingerprint density at radius 2 is 1.65 bits per heavy atom. The van der Waals surface area contributed by atoms with Crippen LogP contribution in [-0.2, 0) is 35.8 Å². The van der Waals surface area contributed by atoms with E-state index in [0.29, 0.717) is 37.3 Å². The molecule has 0 bridgehead atoms. The first-order chi connectivity index (χ1) is 20.4. The minimum atomic E-state index is -0.938. The van der Waals surface area contributed by atoms with Crippen LogP contribution in [0, 0.1) is 0 Å². The van der Waals surface area contributed by atoms with Crippen molar-refractivity contribution in [3.63, 3.8) is 0 Å². The average Bonchev–Trinajstić information content (AvgIpc) is 2.97. The van der Waals surface area contributed by atoms with Gasteiger partial charge in [0.05, 0.1) is 6.61 Å². The van der Waals surface area contributed by atoms with Gasteiger partial charge in [-0.15, -0.1) is 0 Å². The van der Waals surface area contributed by atoms with Crippen molar-refractivity contribution in [2.24, 2.45) is 0 Å². The third-order valence-corrected chi connectivity index (χ3v) is 7.54. The molecule has 11 heteroatoms. The van der Waals surface area contributed by atoms with Crippen LogP contribution in [0.4, 0.5) is 9.59 Å². The maximum absolute atomic E-state index is 13.2. The third-order valence-electron chi connectivity index (χ3n) is 7.31. The van der Waals surface area contributed by atoms with Gasteiger partial charge in [-0.05, 0) is 76.6 Å². The summed E-state index contributed by atoms with van der Waals surface area (Å²) >= 11 is 6.34. The van der Waals surface area contributed by atoms with Crippen molar-refractivity contribution in [1.29, 1.82) is 0 Å². The molecule has 0 atom stereocenters. The molecule has 3 rings (SSSR count). The fraction of sp³-hybridized carbons (Fsp3) is 0.500. The van der Waals surface area contributed by atoms with E-state index in [9.17, 15) is 19.2 Å². The van der Waals surface area contributed by atoms with Gasteiger partial charge in [0.1, 0.15) is 12.2 Å². The molecule has 0 heterocycles. The predicted octanol–water partition coefficient (Wildman–Crippen LogP) is 5.36. The Kier molecular flexibility index (Phi) is 12.2. The lowest BCUT2D eigenvalue weighted by atomic mass is 9.68. The van der Waals surface area contributed by atoms with E-state index < -0.39 is 35.1 Å². The molecule has 3 amide bonds. The zero-order chi connectivity index (χ0) is 31.5. The molecule has 43 heavy (non-hydrogen) atoms. The van der Waals surface area contributed by atoms with Gasteiger partial charge in [-0.3, -0.25) is 4.79 Å². The number of halogens is 1. The lowest BCUT2D eigenvalue weighted by molar-refractivity contribution is -0.161. The second-order valence-electron chi connectivity index (χ2n) is 11.6. The average molecular weight is 616 g/mol. The fourth-order valence-electron chi connectivity index (χ4n) is 5.22. The Hall–Kier alpha value is -3.79. The van der Waals surface area contributed by atoms with Crippen molar-refractivity contribution in [3.8, 4) is 0 Å². The largest absolute Gasteiger partial charge is 0.459 e. The van der Waals surface area contributed by atoms with Crippen LogP contribution in [0.5, 0.6) is 0 Å². The zero-order valence-corrected chi connectivity index (χ0v) is 26.1. The molecule has 0 radical (unpaired) electrons. The Balaban J connectivity index is 1.69. The van der Waals surface area contributed by atoms with Crippen LogP contribution in [0.3, 0.4) is 0 Å². The molecule has 2 N–H and O–H groups in total. The van der Waals surface area contributed by atoms with E-state index in [-0.39, 0.29) is 32.3 Å². The number of carbonyl (C=O) groups excluding carboxylic acids is 4. The molecule has 234 valence electrons. The third kappa shape index (κ3) is 10.5. The Bertz CT molecular complexity index is 1240. The van der Waals surface area contributed by atoms with E-state index in [1.54, 1.807) is 33.8 Å². The summed E-state index contributed by atoms with van der Waals surface area (Å²) in [6.45, 7) is 7.74. The van der Waals surface area contributed by atoms with Gasteiger partial charge in [0, 0.05) is 36.1 Å². The molecule has 2 aromatic rings. The van der Waals surface area contributed by atoms with E-state index in [1.807, 2.05) is 48.5 Å². The van der Waals surface area contributed by atoms with Crippen LogP contribution in [0.25, 0.3) is 0 Å². The number of ether oxygens (including phenoxy) is 3. The van der Waals surface area contributed by atoms with E-state index in [2.05, 4.69) is 10.6 Å². The number of amides is 3. The van der Waals surface area contributed by atoms with E-state index in [4.69, 9.17) is 25.8 Å². The Morgan fingerprint density at radius 1 is 0.953 bits per heavy atom. The normalized spacial score (nSPS) is 18.2. The summed E-state index contributed by atoms with van der Waals surface area (Å²) in [5.74, 6) is -1.69. The summed E-state index contributed by atoms with van der Waals surface area (Å²) in [5, 5.41) is 6.17. The number of esters is 1. The van der Waals surface area contributed by atoms with E-state index >= 15 is 0 Å². The zero-order valence-electron chi connectivity index (χ0n) is 25.3. The SMILES string of the molecule is CCOC(=O)C(=O)N(CCNC(=O)OCc1ccccc1)[C@H]1CC[C@](CNC(=O)OC(C)(C)C)(c2cccc(Cl)c2)CC1. The Labute approximate surface area is 258 Å². The highest BCUT2D eigenvalue weighted by atomic mass is 35.5. The molecule has 1 aliphatic rings. The van der Waals surface area contributed by atoms with Gasteiger partial charge in [-0.25, -0.2) is 14.4 Å². The highest BCUT2D eigenvalue weighted by Gasteiger charge is 2.41. The molecule has 1 saturated carbocycles. The molecule has 1 fully saturated rings. The fourth-order valence-corrected chi connectivity index (χ4v) is 5.41. The van der Waals surface area contributed by atoms with E-state index in [0.717, 1.165) is 11.1 Å². The number of hydrogen-bond donors (Lipinski definition) is 2. The maximum Gasteiger partial charge on any atom is 0.407 e. The summed E-state index contributed by atoms with van der Waals surface area (Å²) in [7, 11) is 0. The minimum Gasteiger partial charge on any atom is -0.459 e. The molecule has 1 aliphatic carbocycles. The van der Waals surface area contributed by atoms with Crippen LogP contribution in [0.1, 0.15) is 64.5 Å². The Morgan fingerprint density at radius 3 is 2.28 bits per heavy atom. The van der Waals surface area contributed by atoms with Crippen molar-refractivity contribution < 1.29 is 33.4 Å². The first-order valence-corrected chi connectivity index (χ1v) is 15.0. The molecule has 10 nitrogen and oxygen atoms in total. The van der Waals surface area contributed by atoms with Crippen molar-refractivity contribution in [2.45, 2.75) is 77.0 Å².